The van der Waals surface area contributed by atoms with Crippen LogP contribution in [0, 0.1) is 65.2 Å². The van der Waals surface area contributed by atoms with Crippen LogP contribution in [0.5, 0.6) is 0 Å². The minimum absolute atomic E-state index is 0.0109. The molecule has 19 nitrogen and oxygen atoms in total. The molecule has 6 aromatic rings. The van der Waals surface area contributed by atoms with Gasteiger partial charge in [-0.1, -0.05) is 30.3 Å². The molecule has 96 heavy (non-hydrogen) atoms. The Morgan fingerprint density at radius 3 is 1.32 bits per heavy atom. The number of halogens is 15. The van der Waals surface area contributed by atoms with Crippen LogP contribution in [0.15, 0.2) is 103 Å². The number of amides is 3. The van der Waals surface area contributed by atoms with Gasteiger partial charge in [0.05, 0.1) is 20.9 Å². The van der Waals surface area contributed by atoms with Gasteiger partial charge in [-0.2, -0.15) is 52.7 Å². The van der Waals surface area contributed by atoms with Crippen molar-refractivity contribution in [2.75, 3.05) is 46.3 Å². The molecular weight excluding hydrogens is 1320 g/mol. The molecule has 1 fully saturated rings. The maximum atomic E-state index is 13.4. The van der Waals surface area contributed by atoms with Crippen molar-refractivity contribution in [3.05, 3.63) is 224 Å². The zero-order chi connectivity index (χ0) is 71.4. The van der Waals surface area contributed by atoms with Gasteiger partial charge in [0.1, 0.15) is 17.5 Å². The summed E-state index contributed by atoms with van der Waals surface area (Å²) in [6, 6.07) is 22.7. The van der Waals surface area contributed by atoms with Crippen LogP contribution in [-0.2, 0) is 79.1 Å². The van der Waals surface area contributed by atoms with Gasteiger partial charge in [-0.05, 0) is 182 Å². The minimum Gasteiger partial charge on any atom is -0.393 e. The minimum atomic E-state index is -4.99. The Hall–Kier alpha value is -9.28. The number of nitrogens with zero attached hydrogens (tertiary/aromatic N) is 6. The summed E-state index contributed by atoms with van der Waals surface area (Å²) < 4.78 is 186. The van der Waals surface area contributed by atoms with E-state index in [-0.39, 0.29) is 56.5 Å². The second kappa shape index (κ2) is 34.9. The van der Waals surface area contributed by atoms with Crippen LogP contribution in [0.25, 0.3) is 0 Å². The lowest BCUT2D eigenvalue weighted by Crippen LogP contribution is -2.43. The molecule has 0 atom stereocenters. The Morgan fingerprint density at radius 1 is 0.521 bits per heavy atom. The monoisotopic (exact) mass is 1380 g/mol. The number of likely N-dealkylation sites (N-methyl/N-ethyl adjacent to an activating group) is 1. The van der Waals surface area contributed by atoms with E-state index in [0.29, 0.717) is 52.5 Å². The Bertz CT molecular complexity index is 3690. The number of carbonyl (C=O) groups is 3. The molecule has 0 aromatic heterocycles. The Balaban J connectivity index is 0.000000207. The van der Waals surface area contributed by atoms with Crippen LogP contribution in [-0.4, -0.2) is 123 Å². The molecule has 0 bridgehead atoms. The van der Waals surface area contributed by atoms with E-state index in [2.05, 4.69) is 10.2 Å². The van der Waals surface area contributed by atoms with Gasteiger partial charge in [-0.15, -0.1) is 0 Å². The fourth-order valence-corrected chi connectivity index (χ4v) is 9.38. The van der Waals surface area contributed by atoms with Gasteiger partial charge in [-0.3, -0.25) is 44.7 Å². The lowest BCUT2D eigenvalue weighted by Gasteiger charge is -2.29. The molecule has 5 N–H and O–H groups in total. The van der Waals surface area contributed by atoms with E-state index < -0.39 is 104 Å². The average molecular weight is 1380 g/mol. The summed E-state index contributed by atoms with van der Waals surface area (Å²) in [5, 5.41) is 44.5. The molecular formula is C62H62F15N9O10. The molecule has 5 aliphatic rings. The number of hydrogen-bond acceptors (Lipinski definition) is 13. The summed E-state index contributed by atoms with van der Waals surface area (Å²) in [5.41, 5.74) is 10.7. The van der Waals surface area contributed by atoms with Gasteiger partial charge in [0.15, 0.2) is 0 Å². The van der Waals surface area contributed by atoms with E-state index in [1.54, 1.807) is 23.5 Å². The Labute approximate surface area is 537 Å². The molecule has 0 unspecified atom stereocenters. The van der Waals surface area contributed by atoms with Crippen LogP contribution in [0.1, 0.15) is 68.5 Å². The number of carbonyl (C=O) groups excluding carboxylic acids is 3. The third-order valence-electron chi connectivity index (χ3n) is 14.5. The lowest BCUT2D eigenvalue weighted by atomic mass is 9.98. The summed E-state index contributed by atoms with van der Waals surface area (Å²) in [4.78, 5) is 65.1. The van der Waals surface area contributed by atoms with Gasteiger partial charge in [0.2, 0.25) is 17.5 Å². The Kier molecular flexibility index (Phi) is 28.2. The number of nitrogens with one attached hydrogen (secondary N) is 2. The van der Waals surface area contributed by atoms with Crippen molar-refractivity contribution in [1.29, 1.82) is 0 Å². The topological polar surface area (TPSA) is 261 Å². The quantitative estimate of drug-likeness (QED) is 0.0629. The first-order valence-corrected chi connectivity index (χ1v) is 28.9. The van der Waals surface area contributed by atoms with Crippen LogP contribution >= 0.6 is 0 Å². The van der Waals surface area contributed by atoms with Crippen LogP contribution in [0.4, 0.5) is 82.9 Å². The van der Waals surface area contributed by atoms with Crippen molar-refractivity contribution >= 4 is 34.8 Å². The molecule has 4 heterocycles. The van der Waals surface area contributed by atoms with Crippen LogP contribution in [0.3, 0.4) is 0 Å². The van der Waals surface area contributed by atoms with E-state index in [1.807, 2.05) is 7.05 Å². The number of alkyl halides is 9. The number of rotatable bonds is 8. The summed E-state index contributed by atoms with van der Waals surface area (Å²) in [6.45, 7) is 2.56. The fraction of sp³-hybridized carbons (Fsp3) is 0.371. The highest BCUT2D eigenvalue weighted by atomic mass is 19.4. The van der Waals surface area contributed by atoms with Crippen LogP contribution in [0.2, 0.25) is 0 Å². The zero-order valence-electron chi connectivity index (χ0n) is 50.7. The largest absolute Gasteiger partial charge is 0.471 e. The van der Waals surface area contributed by atoms with Crippen molar-refractivity contribution in [2.45, 2.75) is 102 Å². The molecule has 3 amide bonds. The standard InChI is InChI=1S/C11H8F4N2O3.C11H9F4NO.C10H9F4NO.C10H11FN2O2.C9H9FN2O2.C8H10FN.C3H6O/c12-8-3-7-5-16(10(18)11(13,14)15)2-1-6(7)4-9(8)17(19)20;12-9-2-1-7-3-4-16(6-8(7)5-9)10(17)11(13,14)15;11-8-3-1-7(2-4-8)5-6-15-9(16)10(12,13)14;1-12-3-2-7-5-10(13(14)15)9(11)4-8(7)6-12;10-8-3-7-5-11-2-1-6(7)4-9(8)12(13)14;9-8-3-1-7(2-4-8)5-6-10;4-3-1-2-3/h3-4H,1-2,5H2;1-2,5H,3-4,6H2;1-4H,5-6H2,(H,15,16);4-5H,2-3,6H2,1H3;3-4,11H,1-2,5H2;1-4H,5-6,10H2;3-4H,1-2H2. The van der Waals surface area contributed by atoms with Gasteiger partial charge in [0.25, 0.3) is 0 Å². The van der Waals surface area contributed by atoms with Crippen molar-refractivity contribution < 1.29 is 100 Å². The second-order valence-electron chi connectivity index (χ2n) is 21.8. The number of hydrogen-bond donors (Lipinski definition) is 4. The predicted molar refractivity (Wildman–Crippen MR) is 315 cm³/mol. The summed E-state index contributed by atoms with van der Waals surface area (Å²) in [6.07, 6.45) is -9.72. The van der Waals surface area contributed by atoms with Gasteiger partial charge in [0, 0.05) is 70.6 Å². The third kappa shape index (κ3) is 24.5. The fourth-order valence-electron chi connectivity index (χ4n) is 9.38. The van der Waals surface area contributed by atoms with Gasteiger partial charge < -0.3 is 36.2 Å². The summed E-state index contributed by atoms with van der Waals surface area (Å²) in [5.74, 6) is -9.57. The van der Waals surface area contributed by atoms with E-state index in [4.69, 9.17) is 10.8 Å². The average Bonchev–Trinajstić information content (AvgIpc) is 1.23. The van der Waals surface area contributed by atoms with Crippen molar-refractivity contribution in [1.82, 2.24) is 25.3 Å². The maximum Gasteiger partial charge on any atom is 0.471 e. The highest BCUT2D eigenvalue weighted by Crippen LogP contribution is 2.31. The summed E-state index contributed by atoms with van der Waals surface area (Å²) in [7, 11) is 1.95. The first-order chi connectivity index (χ1) is 44.9. The number of nitro benzene ring substituents is 3. The first kappa shape index (κ1) is 77.4. The maximum absolute atomic E-state index is 13.4. The molecule has 0 spiro atoms. The normalized spacial score (nSPS) is 14.6. The SMILES string of the molecule is CN1CCc2cc([N+](=O)[O-])c(F)cc2C1.NCCc1ccc(F)cc1.O=C(N1CCc2cc([N+](=O)[O-])c(F)cc2C1)C(F)(F)F.O=C(N1CCc2ccc(F)cc2C1)C(F)(F)F.O=C(NCCc1ccc(F)cc1)C(F)(F)F.O=[N+]([O-])c1cc2c(cc1F)CNCC2.OC1CC1. The first-order valence-electron chi connectivity index (χ1n) is 28.9. The summed E-state index contributed by atoms with van der Waals surface area (Å²) >= 11 is 0. The van der Waals surface area contributed by atoms with Crippen molar-refractivity contribution in [3.8, 4) is 0 Å². The number of nitro groups is 3. The highest BCUT2D eigenvalue weighted by Gasteiger charge is 2.44. The number of nitrogens with two attached hydrogens (primary N) is 1. The second-order valence-corrected chi connectivity index (χ2v) is 21.8. The van der Waals surface area contributed by atoms with Gasteiger partial charge >= 0.3 is 53.3 Å². The lowest BCUT2D eigenvalue weighted by molar-refractivity contribution is -0.387. The number of fused-ring (bicyclic) bond motifs is 4. The van der Waals surface area contributed by atoms with Crippen molar-refractivity contribution in [3.63, 3.8) is 0 Å². The molecule has 4 aliphatic heterocycles. The Morgan fingerprint density at radius 2 is 0.906 bits per heavy atom. The number of aliphatic hydroxyl groups is 1. The third-order valence-corrected chi connectivity index (χ3v) is 14.5. The number of benzene rings is 6. The van der Waals surface area contributed by atoms with E-state index in [9.17, 15) is 111 Å². The molecule has 0 saturated heterocycles. The molecule has 11 rings (SSSR count). The predicted octanol–water partition coefficient (Wildman–Crippen LogP) is 11.1. The molecule has 1 aliphatic carbocycles. The molecule has 520 valence electrons. The van der Waals surface area contributed by atoms with E-state index >= 15 is 0 Å². The molecule has 6 aromatic carbocycles. The zero-order valence-corrected chi connectivity index (χ0v) is 50.7. The molecule has 0 radical (unpaired) electrons. The van der Waals surface area contributed by atoms with E-state index in [1.165, 1.54) is 72.8 Å². The highest BCUT2D eigenvalue weighted by molar-refractivity contribution is 5.83. The molecule has 34 heteroatoms. The van der Waals surface area contributed by atoms with E-state index in [0.717, 1.165) is 90.7 Å². The van der Waals surface area contributed by atoms with Crippen molar-refractivity contribution in [2.24, 2.45) is 5.73 Å². The van der Waals surface area contributed by atoms with Gasteiger partial charge in [-0.25, -0.2) is 13.2 Å². The smallest absolute Gasteiger partial charge is 0.393 e. The molecule has 1 saturated carbocycles. The van der Waals surface area contributed by atoms with Crippen LogP contribution < -0.4 is 16.4 Å². The number of aliphatic hydroxyl groups excluding tert-OH is 1.